The Morgan fingerprint density at radius 1 is 1.54 bits per heavy atom. The summed E-state index contributed by atoms with van der Waals surface area (Å²) >= 11 is 5.74. The van der Waals surface area contributed by atoms with Gasteiger partial charge in [0.25, 0.3) is 6.43 Å². The van der Waals surface area contributed by atoms with Gasteiger partial charge in [-0.15, -0.1) is 0 Å². The number of nitrogens with zero attached hydrogens (tertiary/aromatic N) is 1. The molecule has 1 rings (SSSR count). The van der Waals surface area contributed by atoms with Crippen LogP contribution in [0.1, 0.15) is 17.7 Å². The molecular weight excluding hydrogens is 200 g/mol. The van der Waals surface area contributed by atoms with E-state index in [1.165, 1.54) is 20.2 Å². The highest BCUT2D eigenvalue weighted by Gasteiger charge is 2.16. The highest BCUT2D eigenvalue weighted by molar-refractivity contribution is 6.32. The first-order valence-electron chi connectivity index (χ1n) is 3.55. The second-order valence-electron chi connectivity index (χ2n) is 2.45. The van der Waals surface area contributed by atoms with Crippen molar-refractivity contribution < 1.29 is 13.5 Å². The third-order valence-corrected chi connectivity index (χ3v) is 2.15. The molecule has 0 amide bonds. The average molecular weight is 208 g/mol. The second-order valence-corrected chi connectivity index (χ2v) is 2.83. The minimum atomic E-state index is -2.61. The van der Waals surface area contributed by atoms with E-state index < -0.39 is 6.43 Å². The summed E-state index contributed by atoms with van der Waals surface area (Å²) in [4.78, 5) is 3.55. The van der Waals surface area contributed by atoms with Crippen LogP contribution in [0.15, 0.2) is 6.20 Å². The van der Waals surface area contributed by atoms with Gasteiger partial charge in [-0.3, -0.25) is 4.98 Å². The Morgan fingerprint density at radius 3 is 2.62 bits per heavy atom. The van der Waals surface area contributed by atoms with Gasteiger partial charge in [0.2, 0.25) is 0 Å². The van der Waals surface area contributed by atoms with E-state index in [4.69, 9.17) is 16.3 Å². The molecule has 1 aromatic rings. The molecule has 5 heteroatoms. The zero-order chi connectivity index (χ0) is 10.0. The summed E-state index contributed by atoms with van der Waals surface area (Å²) in [6.07, 6.45) is -1.42. The standard InChI is InChI=1S/C8H8ClF2NO/c1-4-6(9)5(13-2)3-12-7(4)8(10)11/h3,8H,1-2H3. The van der Waals surface area contributed by atoms with E-state index in [1.54, 1.807) is 0 Å². The molecule has 2 nitrogen and oxygen atoms in total. The van der Waals surface area contributed by atoms with Crippen molar-refractivity contribution in [1.29, 1.82) is 0 Å². The van der Waals surface area contributed by atoms with E-state index in [0.29, 0.717) is 5.75 Å². The zero-order valence-corrected chi connectivity index (χ0v) is 7.90. The molecular formula is C8H8ClF2NO. The van der Waals surface area contributed by atoms with Crippen molar-refractivity contribution in [2.75, 3.05) is 7.11 Å². The molecule has 1 aromatic heterocycles. The number of hydrogen-bond acceptors (Lipinski definition) is 2. The summed E-state index contributed by atoms with van der Waals surface area (Å²) in [6.45, 7) is 1.49. The number of aromatic nitrogens is 1. The van der Waals surface area contributed by atoms with Gasteiger partial charge in [-0.25, -0.2) is 8.78 Å². The molecule has 1 heterocycles. The molecule has 0 saturated carbocycles. The van der Waals surface area contributed by atoms with E-state index in [2.05, 4.69) is 4.98 Å². The molecule has 0 saturated heterocycles. The van der Waals surface area contributed by atoms with E-state index >= 15 is 0 Å². The highest BCUT2D eigenvalue weighted by atomic mass is 35.5. The van der Waals surface area contributed by atoms with Gasteiger partial charge in [0.15, 0.2) is 5.75 Å². The van der Waals surface area contributed by atoms with Crippen molar-refractivity contribution in [2.45, 2.75) is 13.3 Å². The fraction of sp³-hybridized carbons (Fsp3) is 0.375. The molecule has 0 aromatic carbocycles. The van der Waals surface area contributed by atoms with Crippen LogP contribution in [0.4, 0.5) is 8.78 Å². The quantitative estimate of drug-likeness (QED) is 0.744. The van der Waals surface area contributed by atoms with Crippen molar-refractivity contribution in [3.05, 3.63) is 22.5 Å². The molecule has 0 aliphatic heterocycles. The van der Waals surface area contributed by atoms with Crippen molar-refractivity contribution in [3.63, 3.8) is 0 Å². The molecule has 0 aliphatic carbocycles. The second kappa shape index (κ2) is 3.87. The Kier molecular flexibility index (Phi) is 3.03. The Hall–Kier alpha value is -0.900. The topological polar surface area (TPSA) is 22.1 Å². The van der Waals surface area contributed by atoms with E-state index in [-0.39, 0.29) is 16.3 Å². The fourth-order valence-corrected chi connectivity index (χ4v) is 1.16. The van der Waals surface area contributed by atoms with Crippen molar-refractivity contribution in [3.8, 4) is 5.75 Å². The summed E-state index contributed by atoms with van der Waals surface area (Å²) in [5.41, 5.74) is -0.0400. The van der Waals surface area contributed by atoms with Crippen LogP contribution < -0.4 is 4.74 Å². The number of hydrogen-bond donors (Lipinski definition) is 0. The van der Waals surface area contributed by atoms with Crippen molar-refractivity contribution >= 4 is 11.6 Å². The number of ether oxygens (including phenoxy) is 1. The summed E-state index contributed by atoms with van der Waals surface area (Å²) in [6, 6.07) is 0. The normalized spacial score (nSPS) is 10.6. The number of methoxy groups -OCH3 is 1. The largest absolute Gasteiger partial charge is 0.494 e. The van der Waals surface area contributed by atoms with Crippen LogP contribution in [0.2, 0.25) is 5.02 Å². The van der Waals surface area contributed by atoms with E-state index in [0.717, 1.165) is 0 Å². The summed E-state index contributed by atoms with van der Waals surface area (Å²) < 4.78 is 29.4. The van der Waals surface area contributed by atoms with E-state index in [1.807, 2.05) is 0 Å². The smallest absolute Gasteiger partial charge is 0.280 e. The third kappa shape index (κ3) is 1.88. The Morgan fingerprint density at radius 2 is 2.15 bits per heavy atom. The summed E-state index contributed by atoms with van der Waals surface area (Å²) in [5, 5.41) is 0.188. The van der Waals surface area contributed by atoms with Gasteiger partial charge in [-0.05, 0) is 12.5 Å². The minimum Gasteiger partial charge on any atom is -0.494 e. The zero-order valence-electron chi connectivity index (χ0n) is 7.14. The molecule has 13 heavy (non-hydrogen) atoms. The van der Waals surface area contributed by atoms with E-state index in [9.17, 15) is 8.78 Å². The lowest BCUT2D eigenvalue weighted by atomic mass is 10.2. The van der Waals surface area contributed by atoms with Crippen LogP contribution in [-0.4, -0.2) is 12.1 Å². The molecule has 72 valence electrons. The fourth-order valence-electron chi connectivity index (χ4n) is 0.941. The Bertz CT molecular complexity index is 317. The average Bonchev–Trinajstić information content (AvgIpc) is 2.09. The lowest BCUT2D eigenvalue weighted by molar-refractivity contribution is 0.145. The third-order valence-electron chi connectivity index (χ3n) is 1.68. The van der Waals surface area contributed by atoms with Crippen LogP contribution in [0.5, 0.6) is 5.75 Å². The lowest BCUT2D eigenvalue weighted by Gasteiger charge is -2.08. The van der Waals surface area contributed by atoms with Crippen LogP contribution in [0.3, 0.4) is 0 Å². The molecule has 0 atom stereocenters. The molecule has 0 aliphatic rings. The van der Waals surface area contributed by atoms with Crippen LogP contribution in [0.25, 0.3) is 0 Å². The first-order valence-corrected chi connectivity index (χ1v) is 3.92. The van der Waals surface area contributed by atoms with Gasteiger partial charge < -0.3 is 4.74 Å². The first-order chi connectivity index (χ1) is 6.07. The predicted octanol–water partition coefficient (Wildman–Crippen LogP) is 2.99. The predicted molar refractivity (Wildman–Crippen MR) is 45.5 cm³/mol. The van der Waals surface area contributed by atoms with Gasteiger partial charge in [-0.1, -0.05) is 11.6 Å². The summed E-state index contributed by atoms with van der Waals surface area (Å²) in [5.74, 6) is 0.309. The van der Waals surface area contributed by atoms with Gasteiger partial charge >= 0.3 is 0 Å². The summed E-state index contributed by atoms with van der Waals surface area (Å²) in [7, 11) is 1.41. The maximum absolute atomic E-state index is 12.3. The van der Waals surface area contributed by atoms with Crippen LogP contribution in [-0.2, 0) is 0 Å². The number of pyridine rings is 1. The molecule has 0 radical (unpaired) electrons. The van der Waals surface area contributed by atoms with Gasteiger partial charge in [0.05, 0.1) is 18.3 Å². The van der Waals surface area contributed by atoms with Crippen LogP contribution in [0, 0.1) is 6.92 Å². The Labute approximate surface area is 79.5 Å². The Balaban J connectivity index is 3.23. The van der Waals surface area contributed by atoms with Crippen molar-refractivity contribution in [1.82, 2.24) is 4.98 Å². The number of alkyl halides is 2. The minimum absolute atomic E-state index is 0.188. The molecule has 0 bridgehead atoms. The molecule has 0 spiro atoms. The van der Waals surface area contributed by atoms with Crippen LogP contribution >= 0.6 is 11.6 Å². The number of rotatable bonds is 2. The molecule has 0 N–H and O–H groups in total. The first kappa shape index (κ1) is 10.2. The van der Waals surface area contributed by atoms with Gasteiger partial charge in [-0.2, -0.15) is 0 Å². The van der Waals surface area contributed by atoms with Gasteiger partial charge in [0.1, 0.15) is 5.69 Å². The molecule has 0 fully saturated rings. The van der Waals surface area contributed by atoms with Crippen molar-refractivity contribution in [2.24, 2.45) is 0 Å². The monoisotopic (exact) mass is 207 g/mol. The molecule has 0 unspecified atom stereocenters. The maximum atomic E-state index is 12.3. The van der Waals surface area contributed by atoms with Gasteiger partial charge in [0, 0.05) is 0 Å². The SMILES string of the molecule is COc1cnc(C(F)F)c(C)c1Cl. The lowest BCUT2D eigenvalue weighted by Crippen LogP contribution is -1.97. The number of halogens is 3. The highest BCUT2D eigenvalue weighted by Crippen LogP contribution is 2.32. The maximum Gasteiger partial charge on any atom is 0.280 e.